The first-order valence-corrected chi connectivity index (χ1v) is 4.57. The fraction of sp³-hybridized carbons (Fsp3) is 0.625. The summed E-state index contributed by atoms with van der Waals surface area (Å²) in [7, 11) is 0. The molecular formula is C8H12N4O2. The number of carbonyl (C=O) groups is 2. The van der Waals surface area contributed by atoms with Gasteiger partial charge in [0, 0.05) is 13.0 Å². The van der Waals surface area contributed by atoms with Crippen LogP contribution in [0.25, 0.3) is 0 Å². The standard InChI is InChI=1S/C8H12N4O2/c1-5(13)10-7-11-8(14)9-4-12(7)6-2-3-6/h6H,2-4H2,1H3,(H2,9,10,11,13,14). The number of aliphatic imine (C=N–C) groups is 1. The fourth-order valence-corrected chi connectivity index (χ4v) is 1.37. The molecule has 0 spiro atoms. The number of guanidine groups is 1. The van der Waals surface area contributed by atoms with Crippen LogP contribution in [0.2, 0.25) is 0 Å². The molecule has 0 aromatic carbocycles. The van der Waals surface area contributed by atoms with Crippen molar-refractivity contribution in [2.45, 2.75) is 25.8 Å². The molecule has 0 unspecified atom stereocenters. The van der Waals surface area contributed by atoms with Crippen molar-refractivity contribution in [2.75, 3.05) is 6.67 Å². The van der Waals surface area contributed by atoms with Gasteiger partial charge in [0.25, 0.3) is 0 Å². The lowest BCUT2D eigenvalue weighted by atomic mass is 10.5. The summed E-state index contributed by atoms with van der Waals surface area (Å²) in [6.45, 7) is 1.84. The van der Waals surface area contributed by atoms with Crippen LogP contribution in [0.1, 0.15) is 19.8 Å². The Balaban J connectivity index is 2.12. The van der Waals surface area contributed by atoms with Crippen molar-refractivity contribution >= 4 is 17.9 Å². The largest absolute Gasteiger partial charge is 0.345 e. The summed E-state index contributed by atoms with van der Waals surface area (Å²) in [5.74, 6) is 0.174. The van der Waals surface area contributed by atoms with Crippen LogP contribution >= 0.6 is 0 Å². The van der Waals surface area contributed by atoms with Gasteiger partial charge in [-0.2, -0.15) is 4.99 Å². The molecule has 1 aliphatic carbocycles. The number of nitrogens with zero attached hydrogens (tertiary/aromatic N) is 2. The summed E-state index contributed by atoms with van der Waals surface area (Å²) < 4.78 is 0. The molecule has 0 radical (unpaired) electrons. The number of hydrogen-bond acceptors (Lipinski definition) is 3. The van der Waals surface area contributed by atoms with Crippen molar-refractivity contribution in [3.63, 3.8) is 0 Å². The topological polar surface area (TPSA) is 73.8 Å². The SMILES string of the molecule is CC(=O)NC1=NC(=O)NCN1C1CC1. The maximum Gasteiger partial charge on any atom is 0.345 e. The van der Waals surface area contributed by atoms with E-state index in [1.54, 1.807) is 0 Å². The minimum Gasteiger partial charge on any atom is -0.322 e. The maximum atomic E-state index is 11.0. The molecule has 2 N–H and O–H groups in total. The highest BCUT2D eigenvalue weighted by Gasteiger charge is 2.34. The predicted molar refractivity (Wildman–Crippen MR) is 49.5 cm³/mol. The molecule has 2 rings (SSSR count). The highest BCUT2D eigenvalue weighted by atomic mass is 16.2. The number of nitrogens with one attached hydrogen (secondary N) is 2. The van der Waals surface area contributed by atoms with Gasteiger partial charge in [0.2, 0.25) is 11.9 Å². The molecule has 1 heterocycles. The van der Waals surface area contributed by atoms with Crippen molar-refractivity contribution in [1.82, 2.24) is 15.5 Å². The first-order chi connectivity index (χ1) is 6.66. The van der Waals surface area contributed by atoms with Gasteiger partial charge in [-0.1, -0.05) is 0 Å². The lowest BCUT2D eigenvalue weighted by Crippen LogP contribution is -2.53. The van der Waals surface area contributed by atoms with Crippen molar-refractivity contribution in [3.8, 4) is 0 Å². The monoisotopic (exact) mass is 196 g/mol. The van der Waals surface area contributed by atoms with E-state index in [1.165, 1.54) is 6.92 Å². The summed E-state index contributed by atoms with van der Waals surface area (Å²) in [4.78, 5) is 27.5. The molecule has 1 fully saturated rings. The zero-order valence-corrected chi connectivity index (χ0v) is 7.91. The Morgan fingerprint density at radius 2 is 2.36 bits per heavy atom. The normalized spacial score (nSPS) is 21.4. The lowest BCUT2D eigenvalue weighted by molar-refractivity contribution is -0.117. The van der Waals surface area contributed by atoms with Gasteiger partial charge in [-0.15, -0.1) is 0 Å². The number of rotatable bonds is 1. The van der Waals surface area contributed by atoms with Gasteiger partial charge in [0.05, 0.1) is 6.67 Å². The van der Waals surface area contributed by atoms with Crippen LogP contribution in [-0.2, 0) is 4.79 Å². The van der Waals surface area contributed by atoms with Crippen LogP contribution in [-0.4, -0.2) is 35.5 Å². The molecular weight excluding hydrogens is 184 g/mol. The van der Waals surface area contributed by atoms with Crippen LogP contribution < -0.4 is 10.6 Å². The smallest absolute Gasteiger partial charge is 0.322 e. The molecule has 6 heteroatoms. The van der Waals surface area contributed by atoms with Gasteiger partial charge in [-0.3, -0.25) is 10.1 Å². The number of hydrogen-bond donors (Lipinski definition) is 2. The van der Waals surface area contributed by atoms with E-state index in [2.05, 4.69) is 15.6 Å². The van der Waals surface area contributed by atoms with E-state index in [0.29, 0.717) is 18.7 Å². The van der Waals surface area contributed by atoms with Gasteiger partial charge in [-0.25, -0.2) is 4.79 Å². The Bertz CT molecular complexity index is 308. The van der Waals surface area contributed by atoms with Gasteiger partial charge >= 0.3 is 6.03 Å². The first kappa shape index (κ1) is 8.98. The predicted octanol–water partition coefficient (Wildman–Crippen LogP) is -0.376. The molecule has 3 amide bonds. The van der Waals surface area contributed by atoms with Gasteiger partial charge in [0.1, 0.15) is 0 Å². The average molecular weight is 196 g/mol. The third-order valence-electron chi connectivity index (χ3n) is 2.16. The molecule has 1 aliphatic heterocycles. The molecule has 6 nitrogen and oxygen atoms in total. The van der Waals surface area contributed by atoms with E-state index in [0.717, 1.165) is 12.8 Å². The molecule has 0 bridgehead atoms. The zero-order chi connectivity index (χ0) is 10.1. The molecule has 14 heavy (non-hydrogen) atoms. The van der Waals surface area contributed by atoms with Crippen LogP contribution in [0.15, 0.2) is 4.99 Å². The van der Waals surface area contributed by atoms with E-state index in [9.17, 15) is 9.59 Å². The Morgan fingerprint density at radius 1 is 1.64 bits per heavy atom. The third kappa shape index (κ3) is 1.84. The second kappa shape index (κ2) is 3.28. The van der Waals surface area contributed by atoms with Crippen LogP contribution in [0.3, 0.4) is 0 Å². The Kier molecular flexibility index (Phi) is 2.11. The summed E-state index contributed by atoms with van der Waals surface area (Å²) in [6.07, 6.45) is 2.18. The van der Waals surface area contributed by atoms with E-state index in [-0.39, 0.29) is 5.91 Å². The van der Waals surface area contributed by atoms with Crippen LogP contribution in [0.5, 0.6) is 0 Å². The first-order valence-electron chi connectivity index (χ1n) is 4.57. The van der Waals surface area contributed by atoms with Crippen LogP contribution in [0, 0.1) is 0 Å². The summed E-state index contributed by atoms with van der Waals surface area (Å²) in [5, 5.41) is 5.16. The Labute approximate surface area is 81.4 Å². The molecule has 2 aliphatic rings. The van der Waals surface area contributed by atoms with Crippen molar-refractivity contribution in [2.24, 2.45) is 4.99 Å². The van der Waals surface area contributed by atoms with E-state index in [4.69, 9.17) is 0 Å². The van der Waals surface area contributed by atoms with Gasteiger partial charge < -0.3 is 10.2 Å². The lowest BCUT2D eigenvalue weighted by Gasteiger charge is -2.28. The van der Waals surface area contributed by atoms with Gasteiger partial charge in [-0.05, 0) is 12.8 Å². The summed E-state index contributed by atoms with van der Waals surface area (Å²) in [5.41, 5.74) is 0. The Hall–Kier alpha value is -1.59. The minimum absolute atomic E-state index is 0.205. The highest BCUT2D eigenvalue weighted by Crippen LogP contribution is 2.26. The summed E-state index contributed by atoms with van der Waals surface area (Å²) >= 11 is 0. The van der Waals surface area contributed by atoms with Crippen LogP contribution in [0.4, 0.5) is 4.79 Å². The highest BCUT2D eigenvalue weighted by molar-refractivity contribution is 6.02. The number of amides is 3. The van der Waals surface area contributed by atoms with Gasteiger partial charge in [0.15, 0.2) is 0 Å². The number of urea groups is 1. The molecule has 0 atom stereocenters. The quantitative estimate of drug-likeness (QED) is 0.600. The Morgan fingerprint density at radius 3 is 2.93 bits per heavy atom. The maximum absolute atomic E-state index is 11.0. The molecule has 0 aromatic heterocycles. The van der Waals surface area contributed by atoms with Crippen molar-refractivity contribution < 1.29 is 9.59 Å². The molecule has 76 valence electrons. The minimum atomic E-state index is -0.398. The van der Waals surface area contributed by atoms with E-state index in [1.807, 2.05) is 4.90 Å². The fourth-order valence-electron chi connectivity index (χ4n) is 1.37. The third-order valence-corrected chi connectivity index (χ3v) is 2.16. The average Bonchev–Trinajstić information content (AvgIpc) is 2.86. The number of carbonyl (C=O) groups excluding carboxylic acids is 2. The zero-order valence-electron chi connectivity index (χ0n) is 7.91. The van der Waals surface area contributed by atoms with E-state index >= 15 is 0 Å². The molecule has 0 saturated heterocycles. The summed E-state index contributed by atoms with van der Waals surface area (Å²) in [6, 6.07) is 0.0202. The second-order valence-corrected chi connectivity index (χ2v) is 3.46. The second-order valence-electron chi connectivity index (χ2n) is 3.46. The van der Waals surface area contributed by atoms with Crippen molar-refractivity contribution in [1.29, 1.82) is 0 Å². The van der Waals surface area contributed by atoms with Crippen molar-refractivity contribution in [3.05, 3.63) is 0 Å². The molecule has 1 saturated carbocycles. The van der Waals surface area contributed by atoms with E-state index < -0.39 is 6.03 Å². The molecule has 0 aromatic rings.